The molecule has 2 rings (SSSR count). The first-order valence-electron chi connectivity index (χ1n) is 7.49. The van der Waals surface area contributed by atoms with Crippen LogP contribution in [-0.2, 0) is 14.3 Å². The summed E-state index contributed by atoms with van der Waals surface area (Å²) < 4.78 is 10.3. The predicted octanol–water partition coefficient (Wildman–Crippen LogP) is 2.81. The maximum Gasteiger partial charge on any atom is 0.331 e. The number of para-hydroxylation sites is 1. The molecule has 1 aromatic carbocycles. The Kier molecular flexibility index (Phi) is 7.04. The zero-order valence-corrected chi connectivity index (χ0v) is 14.2. The van der Waals surface area contributed by atoms with E-state index in [0.717, 1.165) is 10.6 Å². The fraction of sp³-hybridized carbons (Fsp3) is 0.222. The first-order valence-corrected chi connectivity index (χ1v) is 8.31. The topological polar surface area (TPSA) is 64.6 Å². The molecule has 24 heavy (non-hydrogen) atoms. The summed E-state index contributed by atoms with van der Waals surface area (Å²) in [6.07, 6.45) is 2.99. The predicted molar refractivity (Wildman–Crippen MR) is 94.0 cm³/mol. The molecule has 0 fully saturated rings. The molecule has 2 aromatic rings. The number of benzene rings is 1. The minimum absolute atomic E-state index is 0.308. The standard InChI is InChI=1S/C18H19NO4S/c1-14-7-8-16(24-14)9-10-18(21)23-13-17(20)19-11-12-22-15-5-3-2-4-6-15/h2-10H,11-13H2,1H3,(H,19,20)/b10-9+. The number of carbonyl (C=O) groups is 2. The highest BCUT2D eigenvalue weighted by molar-refractivity contribution is 7.12. The molecule has 0 spiro atoms. The molecule has 0 bridgehead atoms. The number of hydrogen-bond acceptors (Lipinski definition) is 5. The van der Waals surface area contributed by atoms with E-state index >= 15 is 0 Å². The normalized spacial score (nSPS) is 10.5. The molecule has 126 valence electrons. The van der Waals surface area contributed by atoms with Crippen LogP contribution in [0.25, 0.3) is 6.08 Å². The minimum Gasteiger partial charge on any atom is -0.492 e. The summed E-state index contributed by atoms with van der Waals surface area (Å²) in [5.41, 5.74) is 0. The van der Waals surface area contributed by atoms with Crippen molar-refractivity contribution in [3.8, 4) is 5.75 Å². The smallest absolute Gasteiger partial charge is 0.331 e. The maximum atomic E-state index is 11.6. The molecule has 0 saturated heterocycles. The van der Waals surface area contributed by atoms with E-state index in [1.807, 2.05) is 49.4 Å². The van der Waals surface area contributed by atoms with Gasteiger partial charge in [-0.3, -0.25) is 4.79 Å². The molecule has 1 heterocycles. The highest BCUT2D eigenvalue weighted by Crippen LogP contribution is 2.16. The molecule has 0 aliphatic rings. The zero-order chi connectivity index (χ0) is 17.2. The summed E-state index contributed by atoms with van der Waals surface area (Å²) in [6, 6.07) is 13.2. The van der Waals surface area contributed by atoms with Crippen molar-refractivity contribution in [2.75, 3.05) is 19.8 Å². The van der Waals surface area contributed by atoms with E-state index in [-0.39, 0.29) is 12.5 Å². The fourth-order valence-electron chi connectivity index (χ4n) is 1.81. The monoisotopic (exact) mass is 345 g/mol. The second kappa shape index (κ2) is 9.52. The van der Waals surface area contributed by atoms with E-state index in [9.17, 15) is 9.59 Å². The number of hydrogen-bond donors (Lipinski definition) is 1. The van der Waals surface area contributed by atoms with Crippen LogP contribution in [0.5, 0.6) is 5.75 Å². The van der Waals surface area contributed by atoms with E-state index in [1.165, 1.54) is 11.0 Å². The van der Waals surface area contributed by atoms with Crippen LogP contribution in [0.15, 0.2) is 48.5 Å². The van der Waals surface area contributed by atoms with Crippen LogP contribution in [0.4, 0.5) is 0 Å². The average Bonchev–Trinajstić information content (AvgIpc) is 3.01. The van der Waals surface area contributed by atoms with Crippen LogP contribution >= 0.6 is 11.3 Å². The number of rotatable bonds is 8. The first-order chi connectivity index (χ1) is 11.6. The molecule has 1 N–H and O–H groups in total. The molecule has 1 amide bonds. The van der Waals surface area contributed by atoms with Crippen molar-refractivity contribution >= 4 is 29.3 Å². The molecule has 0 unspecified atom stereocenters. The summed E-state index contributed by atoms with van der Waals surface area (Å²) in [7, 11) is 0. The Bertz CT molecular complexity index is 694. The van der Waals surface area contributed by atoms with Gasteiger partial charge < -0.3 is 14.8 Å². The van der Waals surface area contributed by atoms with Gasteiger partial charge >= 0.3 is 5.97 Å². The highest BCUT2D eigenvalue weighted by atomic mass is 32.1. The Balaban J connectivity index is 1.58. The number of ether oxygens (including phenoxy) is 2. The minimum atomic E-state index is -0.545. The molecule has 0 saturated carbocycles. The number of amides is 1. The Labute approximate surface area is 144 Å². The molecule has 0 atom stereocenters. The van der Waals surface area contributed by atoms with Gasteiger partial charge in [-0.2, -0.15) is 0 Å². The van der Waals surface area contributed by atoms with E-state index in [4.69, 9.17) is 9.47 Å². The van der Waals surface area contributed by atoms with Crippen LogP contribution in [0.2, 0.25) is 0 Å². The van der Waals surface area contributed by atoms with Gasteiger partial charge in [0.1, 0.15) is 12.4 Å². The summed E-state index contributed by atoms with van der Waals surface area (Å²) in [5, 5.41) is 2.62. The van der Waals surface area contributed by atoms with Crippen LogP contribution in [0.3, 0.4) is 0 Å². The highest BCUT2D eigenvalue weighted by Gasteiger charge is 2.04. The van der Waals surface area contributed by atoms with Gasteiger partial charge in [-0.15, -0.1) is 11.3 Å². The Morgan fingerprint density at radius 1 is 1.17 bits per heavy atom. The lowest BCUT2D eigenvalue weighted by Gasteiger charge is -2.07. The van der Waals surface area contributed by atoms with Gasteiger partial charge in [0.15, 0.2) is 6.61 Å². The van der Waals surface area contributed by atoms with Crippen LogP contribution in [0.1, 0.15) is 9.75 Å². The first kappa shape index (κ1) is 17.7. The Morgan fingerprint density at radius 2 is 1.96 bits per heavy atom. The number of esters is 1. The number of thiophene rings is 1. The van der Waals surface area contributed by atoms with Gasteiger partial charge in [-0.05, 0) is 37.3 Å². The maximum absolute atomic E-state index is 11.6. The molecule has 1 aromatic heterocycles. The van der Waals surface area contributed by atoms with Gasteiger partial charge in [0, 0.05) is 15.8 Å². The quantitative estimate of drug-likeness (QED) is 0.454. The van der Waals surface area contributed by atoms with E-state index < -0.39 is 5.97 Å². The van der Waals surface area contributed by atoms with Crippen LogP contribution in [-0.4, -0.2) is 31.6 Å². The van der Waals surface area contributed by atoms with Crippen LogP contribution in [0, 0.1) is 6.92 Å². The van der Waals surface area contributed by atoms with Crippen molar-refractivity contribution in [1.82, 2.24) is 5.32 Å². The van der Waals surface area contributed by atoms with Gasteiger partial charge in [-0.1, -0.05) is 18.2 Å². The third-order valence-electron chi connectivity index (χ3n) is 2.93. The zero-order valence-electron chi connectivity index (χ0n) is 13.4. The van der Waals surface area contributed by atoms with Crippen molar-refractivity contribution in [1.29, 1.82) is 0 Å². The van der Waals surface area contributed by atoms with E-state index in [0.29, 0.717) is 13.2 Å². The number of carbonyl (C=O) groups excluding carboxylic acids is 2. The van der Waals surface area contributed by atoms with Gasteiger partial charge in [0.05, 0.1) is 6.54 Å². The third-order valence-corrected chi connectivity index (χ3v) is 3.89. The SMILES string of the molecule is Cc1ccc(/C=C/C(=O)OCC(=O)NCCOc2ccccc2)s1. The number of nitrogens with one attached hydrogen (secondary N) is 1. The molecular weight excluding hydrogens is 326 g/mol. The van der Waals surface area contributed by atoms with E-state index in [2.05, 4.69) is 5.32 Å². The Morgan fingerprint density at radius 3 is 2.67 bits per heavy atom. The van der Waals surface area contributed by atoms with Crippen molar-refractivity contribution in [3.05, 3.63) is 58.3 Å². The molecule has 5 nitrogen and oxygen atoms in total. The van der Waals surface area contributed by atoms with E-state index in [1.54, 1.807) is 17.4 Å². The van der Waals surface area contributed by atoms with Gasteiger partial charge in [-0.25, -0.2) is 4.79 Å². The largest absolute Gasteiger partial charge is 0.492 e. The number of aryl methyl sites for hydroxylation is 1. The van der Waals surface area contributed by atoms with Crippen molar-refractivity contribution < 1.29 is 19.1 Å². The van der Waals surface area contributed by atoms with Crippen molar-refractivity contribution in [2.24, 2.45) is 0 Å². The van der Waals surface area contributed by atoms with Gasteiger partial charge in [0.2, 0.25) is 0 Å². The summed E-state index contributed by atoms with van der Waals surface area (Å²) >= 11 is 1.58. The molecule has 0 aliphatic heterocycles. The summed E-state index contributed by atoms with van der Waals surface area (Å²) in [5.74, 6) is -0.163. The molecule has 6 heteroatoms. The summed E-state index contributed by atoms with van der Waals surface area (Å²) in [4.78, 5) is 25.2. The summed E-state index contributed by atoms with van der Waals surface area (Å²) in [6.45, 7) is 2.38. The lowest BCUT2D eigenvalue weighted by molar-refractivity contribution is -0.143. The van der Waals surface area contributed by atoms with Gasteiger partial charge in [0.25, 0.3) is 5.91 Å². The molecule has 0 radical (unpaired) electrons. The van der Waals surface area contributed by atoms with Crippen molar-refractivity contribution in [3.63, 3.8) is 0 Å². The van der Waals surface area contributed by atoms with Crippen molar-refractivity contribution in [2.45, 2.75) is 6.92 Å². The lowest BCUT2D eigenvalue weighted by atomic mass is 10.3. The molecular formula is C18H19NO4S. The fourth-order valence-corrected chi connectivity index (χ4v) is 2.59. The average molecular weight is 345 g/mol. The Hall–Kier alpha value is -2.60. The second-order valence-corrected chi connectivity index (χ2v) is 6.22. The molecule has 0 aliphatic carbocycles. The third kappa shape index (κ3) is 6.66. The lowest BCUT2D eigenvalue weighted by Crippen LogP contribution is -2.31. The second-order valence-electron chi connectivity index (χ2n) is 4.90. The van der Waals surface area contributed by atoms with Crippen LogP contribution < -0.4 is 10.1 Å².